The Morgan fingerprint density at radius 1 is 1.31 bits per heavy atom. The molecule has 1 saturated heterocycles. The second kappa shape index (κ2) is 8.58. The van der Waals surface area contributed by atoms with E-state index in [-0.39, 0.29) is 17.9 Å². The summed E-state index contributed by atoms with van der Waals surface area (Å²) in [5.74, 6) is -0.530. The Hall–Kier alpha value is -1.32. The van der Waals surface area contributed by atoms with Crippen molar-refractivity contribution in [2.24, 2.45) is 0 Å². The van der Waals surface area contributed by atoms with Gasteiger partial charge in [0.05, 0.1) is 17.3 Å². The minimum absolute atomic E-state index is 0. The number of alkyl halides is 3. The number of amides is 1. The van der Waals surface area contributed by atoms with Gasteiger partial charge in [0, 0.05) is 38.4 Å². The quantitative estimate of drug-likeness (QED) is 0.815. The minimum atomic E-state index is -4.39. The summed E-state index contributed by atoms with van der Waals surface area (Å²) >= 11 is 0. The molecule has 150 valence electrons. The van der Waals surface area contributed by atoms with E-state index in [0.29, 0.717) is 37.4 Å². The van der Waals surface area contributed by atoms with Crippen molar-refractivity contribution in [3.63, 3.8) is 0 Å². The second-order valence-corrected chi connectivity index (χ2v) is 7.28. The monoisotopic (exact) mass is 397 g/mol. The molecule has 0 aromatic carbocycles. The Morgan fingerprint density at radius 3 is 2.35 bits per heavy atom. The fourth-order valence-corrected chi connectivity index (χ4v) is 3.04. The predicted octanol–water partition coefficient (Wildman–Crippen LogP) is 1.93. The van der Waals surface area contributed by atoms with Crippen LogP contribution in [0.1, 0.15) is 36.8 Å². The molecule has 1 unspecified atom stereocenters. The normalized spacial score (nSPS) is 17.5. The lowest BCUT2D eigenvalue weighted by molar-refractivity contribution is -0.183. The number of carbonyl (C=O) groups is 1. The van der Waals surface area contributed by atoms with E-state index in [0.717, 1.165) is 0 Å². The molecule has 1 aromatic rings. The van der Waals surface area contributed by atoms with Crippen LogP contribution in [-0.2, 0) is 5.54 Å². The molecule has 10 heteroatoms. The van der Waals surface area contributed by atoms with E-state index in [1.165, 1.54) is 11.1 Å². The van der Waals surface area contributed by atoms with Crippen molar-refractivity contribution >= 4 is 18.3 Å². The summed E-state index contributed by atoms with van der Waals surface area (Å²) < 4.78 is 41.8. The van der Waals surface area contributed by atoms with Crippen LogP contribution in [0.5, 0.6) is 0 Å². The fraction of sp³-hybridized carbons (Fsp3) is 0.750. The standard InChI is InChI=1S/C16H26F3N5O.ClH/c1-11-12(9-22-24(11)15(2,3)4)14(25)21-10-13(16(17,18)19)23-7-5-20-6-8-23;/h9,13,20H,5-8,10H2,1-4H3,(H,21,25);1H. The van der Waals surface area contributed by atoms with Gasteiger partial charge in [-0.3, -0.25) is 14.4 Å². The van der Waals surface area contributed by atoms with Crippen molar-refractivity contribution < 1.29 is 18.0 Å². The highest BCUT2D eigenvalue weighted by Crippen LogP contribution is 2.25. The Balaban J connectivity index is 0.00000338. The van der Waals surface area contributed by atoms with Gasteiger partial charge in [-0.25, -0.2) is 0 Å². The summed E-state index contributed by atoms with van der Waals surface area (Å²) in [6.45, 7) is 8.74. The van der Waals surface area contributed by atoms with Crippen molar-refractivity contribution in [3.8, 4) is 0 Å². The van der Waals surface area contributed by atoms with Crippen LogP contribution in [0.15, 0.2) is 6.20 Å². The Morgan fingerprint density at radius 2 is 1.88 bits per heavy atom. The van der Waals surface area contributed by atoms with Crippen molar-refractivity contribution in [3.05, 3.63) is 17.5 Å². The van der Waals surface area contributed by atoms with Gasteiger partial charge in [-0.2, -0.15) is 18.3 Å². The third-order valence-electron chi connectivity index (χ3n) is 4.32. The number of carbonyl (C=O) groups excluding carboxylic acids is 1. The number of hydrogen-bond acceptors (Lipinski definition) is 4. The van der Waals surface area contributed by atoms with Crippen LogP contribution in [0, 0.1) is 6.92 Å². The first-order chi connectivity index (χ1) is 11.5. The molecule has 2 N–H and O–H groups in total. The maximum atomic E-state index is 13.4. The molecule has 0 bridgehead atoms. The average Bonchev–Trinajstić information content (AvgIpc) is 2.89. The van der Waals surface area contributed by atoms with Crippen LogP contribution in [0.4, 0.5) is 13.2 Å². The first kappa shape index (κ1) is 22.7. The molecule has 2 rings (SSSR count). The number of halogens is 4. The molecule has 1 fully saturated rings. The van der Waals surface area contributed by atoms with Crippen molar-refractivity contribution in [2.75, 3.05) is 32.7 Å². The van der Waals surface area contributed by atoms with Gasteiger partial charge in [0.1, 0.15) is 6.04 Å². The molecule has 0 radical (unpaired) electrons. The van der Waals surface area contributed by atoms with E-state index in [4.69, 9.17) is 0 Å². The predicted molar refractivity (Wildman–Crippen MR) is 95.8 cm³/mol. The SMILES string of the molecule is Cc1c(C(=O)NCC(N2CCNCC2)C(F)(F)F)cnn1C(C)(C)C.Cl. The van der Waals surface area contributed by atoms with Gasteiger partial charge in [-0.1, -0.05) is 0 Å². The maximum Gasteiger partial charge on any atom is 0.405 e. The highest BCUT2D eigenvalue weighted by Gasteiger charge is 2.44. The Bertz CT molecular complexity index is 606. The highest BCUT2D eigenvalue weighted by molar-refractivity contribution is 5.95. The summed E-state index contributed by atoms with van der Waals surface area (Å²) in [5.41, 5.74) is 0.629. The van der Waals surface area contributed by atoms with E-state index in [2.05, 4.69) is 15.7 Å². The van der Waals surface area contributed by atoms with Gasteiger partial charge in [-0.15, -0.1) is 12.4 Å². The summed E-state index contributed by atoms with van der Waals surface area (Å²) in [6, 6.07) is -1.68. The van der Waals surface area contributed by atoms with Crippen LogP contribution in [-0.4, -0.2) is 65.5 Å². The van der Waals surface area contributed by atoms with Crippen molar-refractivity contribution in [2.45, 2.75) is 45.5 Å². The van der Waals surface area contributed by atoms with Crippen molar-refractivity contribution in [1.29, 1.82) is 0 Å². The second-order valence-electron chi connectivity index (χ2n) is 7.28. The molecule has 1 amide bonds. The summed E-state index contributed by atoms with van der Waals surface area (Å²) in [7, 11) is 0. The smallest absolute Gasteiger partial charge is 0.350 e. The number of piperazine rings is 1. The van der Waals surface area contributed by atoms with Gasteiger partial charge in [0.2, 0.25) is 0 Å². The Labute approximate surface area is 157 Å². The molecular weight excluding hydrogens is 371 g/mol. The van der Waals surface area contributed by atoms with Crippen LogP contribution in [0.25, 0.3) is 0 Å². The molecule has 26 heavy (non-hydrogen) atoms. The molecule has 0 aliphatic carbocycles. The molecule has 1 aromatic heterocycles. The third kappa shape index (κ3) is 5.34. The lowest BCUT2D eigenvalue weighted by atomic mass is 10.1. The molecule has 1 aliphatic rings. The lowest BCUT2D eigenvalue weighted by Gasteiger charge is -2.35. The third-order valence-corrected chi connectivity index (χ3v) is 4.32. The number of nitrogens with zero attached hydrogens (tertiary/aromatic N) is 3. The van der Waals surface area contributed by atoms with E-state index < -0.39 is 24.7 Å². The van der Waals surface area contributed by atoms with Gasteiger partial charge in [0.15, 0.2) is 0 Å². The highest BCUT2D eigenvalue weighted by atomic mass is 35.5. The average molecular weight is 398 g/mol. The zero-order chi connectivity index (χ0) is 18.8. The van der Waals surface area contributed by atoms with E-state index in [1.807, 2.05) is 20.8 Å². The number of hydrogen-bond donors (Lipinski definition) is 2. The van der Waals surface area contributed by atoms with Crippen LogP contribution < -0.4 is 10.6 Å². The molecule has 0 spiro atoms. The van der Waals surface area contributed by atoms with E-state index in [9.17, 15) is 18.0 Å². The van der Waals surface area contributed by atoms with E-state index in [1.54, 1.807) is 11.6 Å². The zero-order valence-corrected chi connectivity index (χ0v) is 16.3. The fourth-order valence-electron chi connectivity index (χ4n) is 3.04. The van der Waals surface area contributed by atoms with E-state index >= 15 is 0 Å². The lowest BCUT2D eigenvalue weighted by Crippen LogP contribution is -2.57. The molecular formula is C16H27ClF3N5O. The van der Waals surface area contributed by atoms with Gasteiger partial charge < -0.3 is 10.6 Å². The maximum absolute atomic E-state index is 13.4. The molecule has 6 nitrogen and oxygen atoms in total. The molecule has 1 aliphatic heterocycles. The topological polar surface area (TPSA) is 62.2 Å². The summed E-state index contributed by atoms with van der Waals surface area (Å²) in [5, 5.41) is 9.65. The summed E-state index contributed by atoms with van der Waals surface area (Å²) in [6.07, 6.45) is -2.99. The minimum Gasteiger partial charge on any atom is -0.350 e. The van der Waals surface area contributed by atoms with Gasteiger partial charge in [-0.05, 0) is 27.7 Å². The first-order valence-corrected chi connectivity index (χ1v) is 8.36. The van der Waals surface area contributed by atoms with Gasteiger partial charge >= 0.3 is 6.18 Å². The zero-order valence-electron chi connectivity index (χ0n) is 15.5. The number of rotatable bonds is 4. The first-order valence-electron chi connectivity index (χ1n) is 8.36. The van der Waals surface area contributed by atoms with Crippen LogP contribution in [0.2, 0.25) is 0 Å². The summed E-state index contributed by atoms with van der Waals surface area (Å²) in [4.78, 5) is 13.7. The van der Waals surface area contributed by atoms with Crippen molar-refractivity contribution in [1.82, 2.24) is 25.3 Å². The van der Waals surface area contributed by atoms with Crippen LogP contribution >= 0.6 is 12.4 Å². The largest absolute Gasteiger partial charge is 0.405 e. The molecule has 2 heterocycles. The Kier molecular flexibility index (Phi) is 7.50. The number of aromatic nitrogens is 2. The molecule has 0 saturated carbocycles. The number of nitrogens with one attached hydrogen (secondary N) is 2. The van der Waals surface area contributed by atoms with Crippen LogP contribution in [0.3, 0.4) is 0 Å². The van der Waals surface area contributed by atoms with Gasteiger partial charge in [0.25, 0.3) is 5.91 Å². The molecule has 1 atom stereocenters.